The van der Waals surface area contributed by atoms with E-state index in [0.717, 1.165) is 23.3 Å². The van der Waals surface area contributed by atoms with E-state index in [1.807, 2.05) is 13.8 Å². The van der Waals surface area contributed by atoms with E-state index in [4.69, 9.17) is 4.74 Å². The number of hydrogen-bond acceptors (Lipinski definition) is 7. The Morgan fingerprint density at radius 3 is 2.58 bits per heavy atom. The number of nitrogens with one attached hydrogen (secondary N) is 2. The summed E-state index contributed by atoms with van der Waals surface area (Å²) in [5.41, 5.74) is 1.68. The maximum atomic E-state index is 12.7. The summed E-state index contributed by atoms with van der Waals surface area (Å²) in [7, 11) is -3.53. The fourth-order valence-corrected chi connectivity index (χ4v) is 5.99. The van der Waals surface area contributed by atoms with Crippen LogP contribution < -0.4 is 10.6 Å². The number of nitrogens with zero attached hydrogens (tertiary/aromatic N) is 1. The van der Waals surface area contributed by atoms with Crippen molar-refractivity contribution in [1.29, 1.82) is 0 Å². The van der Waals surface area contributed by atoms with Crippen LogP contribution in [0.2, 0.25) is 0 Å². The van der Waals surface area contributed by atoms with Gasteiger partial charge in [0.05, 0.1) is 23.6 Å². The largest absolute Gasteiger partial charge is 0.462 e. The number of hydrogen-bond donors (Lipinski definition) is 2. The van der Waals surface area contributed by atoms with Crippen LogP contribution in [0.5, 0.6) is 0 Å². The van der Waals surface area contributed by atoms with Crippen molar-refractivity contribution < 1.29 is 22.7 Å². The van der Waals surface area contributed by atoms with Gasteiger partial charge in [0, 0.05) is 23.7 Å². The number of carbonyl (C=O) groups excluding carboxylic acids is 2. The van der Waals surface area contributed by atoms with Crippen molar-refractivity contribution in [2.45, 2.75) is 38.5 Å². The van der Waals surface area contributed by atoms with E-state index in [0.29, 0.717) is 29.3 Å². The molecule has 0 aliphatic carbocycles. The first-order valence-electron chi connectivity index (χ1n) is 10.1. The number of anilines is 2. The van der Waals surface area contributed by atoms with E-state index < -0.39 is 16.0 Å². The molecule has 10 heteroatoms. The second-order valence-electron chi connectivity index (χ2n) is 7.25. The summed E-state index contributed by atoms with van der Waals surface area (Å²) in [6.07, 6.45) is 1.74. The lowest BCUT2D eigenvalue weighted by Crippen LogP contribution is -2.28. The number of esters is 1. The number of amides is 1. The monoisotopic (exact) mass is 465 g/mol. The van der Waals surface area contributed by atoms with Crippen molar-refractivity contribution in [2.75, 3.05) is 36.9 Å². The van der Waals surface area contributed by atoms with Gasteiger partial charge in [-0.2, -0.15) is 4.31 Å². The molecule has 31 heavy (non-hydrogen) atoms. The molecule has 1 aromatic carbocycles. The predicted octanol–water partition coefficient (Wildman–Crippen LogP) is 3.38. The molecule has 2 heterocycles. The first-order chi connectivity index (χ1) is 14.7. The zero-order chi connectivity index (χ0) is 22.6. The molecule has 0 bridgehead atoms. The van der Waals surface area contributed by atoms with Gasteiger partial charge in [-0.3, -0.25) is 4.79 Å². The number of rotatable bonds is 8. The molecule has 0 unspecified atom stereocenters. The number of benzene rings is 1. The third kappa shape index (κ3) is 5.25. The van der Waals surface area contributed by atoms with Gasteiger partial charge in [-0.05, 0) is 57.4 Å². The third-order valence-corrected chi connectivity index (χ3v) is 8.13. The van der Waals surface area contributed by atoms with Crippen molar-refractivity contribution in [1.82, 2.24) is 4.31 Å². The maximum Gasteiger partial charge on any atom is 0.341 e. The molecule has 2 N–H and O–H groups in total. The molecule has 3 rings (SSSR count). The third-order valence-electron chi connectivity index (χ3n) is 5.11. The van der Waals surface area contributed by atoms with Gasteiger partial charge in [-0.1, -0.05) is 6.07 Å². The van der Waals surface area contributed by atoms with E-state index in [2.05, 4.69) is 10.6 Å². The normalized spacial score (nSPS) is 14.4. The van der Waals surface area contributed by atoms with E-state index in [9.17, 15) is 18.0 Å². The second-order valence-corrected chi connectivity index (χ2v) is 10.4. The Hall–Kier alpha value is -2.43. The summed E-state index contributed by atoms with van der Waals surface area (Å²) in [5, 5.41) is 6.17. The lowest BCUT2D eigenvalue weighted by molar-refractivity contribution is -0.114. The fraction of sp³-hybridized carbons (Fsp3) is 0.429. The van der Waals surface area contributed by atoms with E-state index in [-0.39, 0.29) is 24.0 Å². The molecular weight excluding hydrogens is 438 g/mol. The number of aryl methyl sites for hydroxylation is 1. The Balaban J connectivity index is 1.67. The van der Waals surface area contributed by atoms with Crippen LogP contribution in [-0.4, -0.2) is 50.8 Å². The molecule has 0 atom stereocenters. The minimum Gasteiger partial charge on any atom is -0.462 e. The molecular formula is C21H27N3O5S2. The average molecular weight is 466 g/mol. The van der Waals surface area contributed by atoms with Crippen LogP contribution in [0.25, 0.3) is 0 Å². The molecule has 168 valence electrons. The topological polar surface area (TPSA) is 105 Å². The van der Waals surface area contributed by atoms with Crippen LogP contribution in [0.1, 0.15) is 40.6 Å². The van der Waals surface area contributed by atoms with Crippen LogP contribution in [0.3, 0.4) is 0 Å². The van der Waals surface area contributed by atoms with Crippen LogP contribution >= 0.6 is 11.3 Å². The summed E-state index contributed by atoms with van der Waals surface area (Å²) in [6, 6.07) is 6.44. The number of carbonyl (C=O) groups is 2. The van der Waals surface area contributed by atoms with Crippen LogP contribution in [0.4, 0.5) is 10.7 Å². The SMILES string of the molecule is CCOC(=O)c1c(NC(=O)CNc2cccc(S(=O)(=O)N3CCCC3)c2)sc(C)c1C. The van der Waals surface area contributed by atoms with Crippen LogP contribution in [0.15, 0.2) is 29.2 Å². The summed E-state index contributed by atoms with van der Waals surface area (Å²) in [5.74, 6) is -0.813. The first-order valence-corrected chi connectivity index (χ1v) is 12.4. The zero-order valence-corrected chi connectivity index (χ0v) is 19.5. The maximum absolute atomic E-state index is 12.7. The average Bonchev–Trinajstić information content (AvgIpc) is 3.36. The van der Waals surface area contributed by atoms with Crippen molar-refractivity contribution in [3.05, 3.63) is 40.3 Å². The summed E-state index contributed by atoms with van der Waals surface area (Å²) < 4.78 is 32.0. The zero-order valence-electron chi connectivity index (χ0n) is 17.9. The highest BCUT2D eigenvalue weighted by molar-refractivity contribution is 7.89. The Kier molecular flexibility index (Phi) is 7.34. The molecule has 0 spiro atoms. The van der Waals surface area contributed by atoms with Gasteiger partial charge < -0.3 is 15.4 Å². The van der Waals surface area contributed by atoms with E-state index >= 15 is 0 Å². The van der Waals surface area contributed by atoms with E-state index in [1.54, 1.807) is 25.1 Å². The molecule has 1 amide bonds. The van der Waals surface area contributed by atoms with Gasteiger partial charge >= 0.3 is 5.97 Å². The number of sulfonamides is 1. The van der Waals surface area contributed by atoms with Gasteiger partial charge in [0.2, 0.25) is 15.9 Å². The highest BCUT2D eigenvalue weighted by atomic mass is 32.2. The van der Waals surface area contributed by atoms with Crippen LogP contribution in [-0.2, 0) is 19.6 Å². The molecule has 8 nitrogen and oxygen atoms in total. The fourth-order valence-electron chi connectivity index (χ4n) is 3.36. The Morgan fingerprint density at radius 1 is 1.19 bits per heavy atom. The van der Waals surface area contributed by atoms with Crippen molar-refractivity contribution in [3.63, 3.8) is 0 Å². The number of ether oxygens (including phenoxy) is 1. The smallest absolute Gasteiger partial charge is 0.341 e. The molecule has 0 saturated carbocycles. The van der Waals surface area contributed by atoms with E-state index in [1.165, 1.54) is 21.7 Å². The highest BCUT2D eigenvalue weighted by Gasteiger charge is 2.27. The molecule has 1 aliphatic heterocycles. The van der Waals surface area contributed by atoms with Gasteiger partial charge in [0.25, 0.3) is 0 Å². The van der Waals surface area contributed by atoms with Gasteiger partial charge in [0.1, 0.15) is 5.00 Å². The van der Waals surface area contributed by atoms with Gasteiger partial charge in [0.15, 0.2) is 0 Å². The van der Waals surface area contributed by atoms with Gasteiger partial charge in [-0.25, -0.2) is 13.2 Å². The predicted molar refractivity (Wildman–Crippen MR) is 121 cm³/mol. The van der Waals surface area contributed by atoms with Crippen LogP contribution in [0, 0.1) is 13.8 Å². The quantitative estimate of drug-likeness (QED) is 0.579. The summed E-state index contributed by atoms with van der Waals surface area (Å²) in [6.45, 7) is 6.66. The summed E-state index contributed by atoms with van der Waals surface area (Å²) >= 11 is 1.32. The van der Waals surface area contributed by atoms with Crippen molar-refractivity contribution in [2.24, 2.45) is 0 Å². The van der Waals surface area contributed by atoms with Gasteiger partial charge in [-0.15, -0.1) is 11.3 Å². The minimum absolute atomic E-state index is 0.0779. The Morgan fingerprint density at radius 2 is 1.90 bits per heavy atom. The second kappa shape index (κ2) is 9.80. The first kappa shape index (κ1) is 23.2. The lowest BCUT2D eigenvalue weighted by Gasteiger charge is -2.16. The molecule has 2 aromatic rings. The minimum atomic E-state index is -3.53. The molecule has 1 aliphatic rings. The summed E-state index contributed by atoms with van der Waals surface area (Å²) in [4.78, 5) is 25.9. The molecule has 1 aromatic heterocycles. The molecule has 0 radical (unpaired) electrons. The Bertz CT molecular complexity index is 1070. The molecule has 1 saturated heterocycles. The number of thiophene rings is 1. The Labute approximate surface area is 186 Å². The standard InChI is InChI=1S/C21H27N3O5S2/c1-4-29-21(26)19-14(2)15(3)30-20(19)23-18(25)13-22-16-8-7-9-17(12-16)31(27,28)24-10-5-6-11-24/h7-9,12,22H,4-6,10-11,13H2,1-3H3,(H,23,25). The van der Waals surface area contributed by atoms with Crippen molar-refractivity contribution in [3.8, 4) is 0 Å². The highest BCUT2D eigenvalue weighted by Crippen LogP contribution is 2.33. The molecule has 1 fully saturated rings. The van der Waals surface area contributed by atoms with Crippen molar-refractivity contribution >= 4 is 43.9 Å². The lowest BCUT2D eigenvalue weighted by atomic mass is 10.1.